The third-order valence-corrected chi connectivity index (χ3v) is 5.57. The van der Waals surface area contributed by atoms with E-state index in [0.29, 0.717) is 31.6 Å². The average Bonchev–Trinajstić information content (AvgIpc) is 3.51. The fourth-order valence-corrected chi connectivity index (χ4v) is 3.89. The standard InChI is InChI=1S/C23H27N5O3/c1-17-4-2-5-18(14-17)20-7-8-28(26-20)22-15-21(27-9-12-29-13-10-27)24-23(25-22)31-16-19-6-3-11-30-19/h2,4-5,7-8,14-15,19H,3,6,9-13,16H2,1H3. The predicted octanol–water partition coefficient (Wildman–Crippen LogP) is 3.03. The van der Waals surface area contributed by atoms with Crippen LogP contribution in [0.1, 0.15) is 18.4 Å². The fraction of sp³-hybridized carbons (Fsp3) is 0.435. The lowest BCUT2D eigenvalue weighted by Gasteiger charge is -2.28. The normalized spacial score (nSPS) is 19.0. The predicted molar refractivity (Wildman–Crippen MR) is 117 cm³/mol. The molecule has 0 aliphatic carbocycles. The number of ether oxygens (including phenoxy) is 3. The highest BCUT2D eigenvalue weighted by molar-refractivity contribution is 5.60. The highest BCUT2D eigenvalue weighted by Gasteiger charge is 2.20. The van der Waals surface area contributed by atoms with Gasteiger partial charge in [-0.2, -0.15) is 15.1 Å². The molecule has 1 aromatic carbocycles. The molecule has 0 bridgehead atoms. The van der Waals surface area contributed by atoms with E-state index in [4.69, 9.17) is 19.3 Å². The molecule has 0 spiro atoms. The van der Waals surface area contributed by atoms with E-state index in [2.05, 4.69) is 40.0 Å². The Morgan fingerprint density at radius 2 is 1.94 bits per heavy atom. The summed E-state index contributed by atoms with van der Waals surface area (Å²) in [4.78, 5) is 11.5. The van der Waals surface area contributed by atoms with Gasteiger partial charge in [0.25, 0.3) is 0 Å². The molecular formula is C23H27N5O3. The quantitative estimate of drug-likeness (QED) is 0.606. The molecule has 2 aliphatic rings. The topological polar surface area (TPSA) is 74.5 Å². The van der Waals surface area contributed by atoms with Crippen molar-refractivity contribution >= 4 is 5.82 Å². The zero-order valence-electron chi connectivity index (χ0n) is 17.7. The number of benzene rings is 1. The first kappa shape index (κ1) is 20.0. The summed E-state index contributed by atoms with van der Waals surface area (Å²) in [5.74, 6) is 1.50. The molecule has 1 unspecified atom stereocenters. The summed E-state index contributed by atoms with van der Waals surface area (Å²) in [6.07, 6.45) is 4.11. The van der Waals surface area contributed by atoms with Crippen LogP contribution < -0.4 is 9.64 Å². The number of morpholine rings is 1. The van der Waals surface area contributed by atoms with Crippen LogP contribution in [0.4, 0.5) is 5.82 Å². The Balaban J connectivity index is 1.44. The molecule has 0 amide bonds. The molecule has 0 saturated carbocycles. The molecule has 162 valence electrons. The number of anilines is 1. The van der Waals surface area contributed by atoms with E-state index >= 15 is 0 Å². The molecule has 31 heavy (non-hydrogen) atoms. The van der Waals surface area contributed by atoms with Crippen molar-refractivity contribution in [3.8, 4) is 23.1 Å². The molecule has 4 heterocycles. The number of aromatic nitrogens is 4. The first-order valence-corrected chi connectivity index (χ1v) is 10.8. The fourth-order valence-electron chi connectivity index (χ4n) is 3.89. The van der Waals surface area contributed by atoms with Gasteiger partial charge in [0.1, 0.15) is 12.4 Å². The Labute approximate surface area is 181 Å². The number of nitrogens with zero attached hydrogens (tertiary/aromatic N) is 5. The molecule has 0 radical (unpaired) electrons. The monoisotopic (exact) mass is 421 g/mol. The van der Waals surface area contributed by atoms with Gasteiger partial charge in [-0.25, -0.2) is 4.68 Å². The van der Waals surface area contributed by atoms with E-state index in [0.717, 1.165) is 49.6 Å². The molecule has 1 atom stereocenters. The lowest BCUT2D eigenvalue weighted by molar-refractivity contribution is 0.0645. The molecule has 2 aromatic heterocycles. The zero-order valence-corrected chi connectivity index (χ0v) is 17.7. The largest absolute Gasteiger partial charge is 0.461 e. The number of hydrogen-bond acceptors (Lipinski definition) is 7. The molecule has 8 nitrogen and oxygen atoms in total. The third kappa shape index (κ3) is 4.70. The molecule has 5 rings (SSSR count). The lowest BCUT2D eigenvalue weighted by atomic mass is 10.1. The smallest absolute Gasteiger partial charge is 0.320 e. The van der Waals surface area contributed by atoms with E-state index in [1.807, 2.05) is 24.4 Å². The van der Waals surface area contributed by atoms with Crippen LogP contribution >= 0.6 is 0 Å². The van der Waals surface area contributed by atoms with Gasteiger partial charge >= 0.3 is 6.01 Å². The van der Waals surface area contributed by atoms with Gasteiger partial charge < -0.3 is 19.1 Å². The number of aryl methyl sites for hydroxylation is 1. The van der Waals surface area contributed by atoms with Crippen LogP contribution in [0.15, 0.2) is 42.6 Å². The molecular weight excluding hydrogens is 394 g/mol. The van der Waals surface area contributed by atoms with E-state index < -0.39 is 0 Å². The minimum absolute atomic E-state index is 0.108. The van der Waals surface area contributed by atoms with Crippen molar-refractivity contribution in [2.75, 3.05) is 44.4 Å². The molecule has 2 saturated heterocycles. The number of hydrogen-bond donors (Lipinski definition) is 0. The Hall–Kier alpha value is -2.97. The summed E-state index contributed by atoms with van der Waals surface area (Å²) < 4.78 is 18.9. The van der Waals surface area contributed by atoms with Crippen molar-refractivity contribution in [3.05, 3.63) is 48.2 Å². The Bertz CT molecular complexity index is 1030. The first-order chi connectivity index (χ1) is 15.2. The highest BCUT2D eigenvalue weighted by Crippen LogP contribution is 2.23. The van der Waals surface area contributed by atoms with Gasteiger partial charge in [0.15, 0.2) is 5.82 Å². The second-order valence-electron chi connectivity index (χ2n) is 7.93. The minimum Gasteiger partial charge on any atom is -0.461 e. The van der Waals surface area contributed by atoms with Crippen LogP contribution in [-0.4, -0.2) is 65.4 Å². The second-order valence-corrected chi connectivity index (χ2v) is 7.93. The van der Waals surface area contributed by atoms with Gasteiger partial charge in [0, 0.05) is 37.5 Å². The van der Waals surface area contributed by atoms with Gasteiger partial charge in [-0.1, -0.05) is 23.8 Å². The summed E-state index contributed by atoms with van der Waals surface area (Å²) in [6, 6.07) is 12.6. The maximum Gasteiger partial charge on any atom is 0.320 e. The van der Waals surface area contributed by atoms with Gasteiger partial charge in [0.2, 0.25) is 0 Å². The van der Waals surface area contributed by atoms with E-state index in [-0.39, 0.29) is 6.10 Å². The maximum atomic E-state index is 5.94. The molecule has 3 aromatic rings. The average molecular weight is 422 g/mol. The molecule has 2 fully saturated rings. The summed E-state index contributed by atoms with van der Waals surface area (Å²) in [5.41, 5.74) is 3.18. The van der Waals surface area contributed by atoms with Gasteiger partial charge in [-0.05, 0) is 31.9 Å². The van der Waals surface area contributed by atoms with Crippen LogP contribution in [0, 0.1) is 6.92 Å². The minimum atomic E-state index is 0.108. The van der Waals surface area contributed by atoms with Crippen LogP contribution in [0.3, 0.4) is 0 Å². The molecule has 2 aliphatic heterocycles. The van der Waals surface area contributed by atoms with Crippen LogP contribution in [0.5, 0.6) is 6.01 Å². The van der Waals surface area contributed by atoms with Gasteiger partial charge in [0.05, 0.1) is 25.0 Å². The lowest BCUT2D eigenvalue weighted by Crippen LogP contribution is -2.37. The SMILES string of the molecule is Cc1cccc(-c2ccn(-c3cc(N4CCOCC4)nc(OCC4CCCO4)n3)n2)c1. The van der Waals surface area contributed by atoms with Gasteiger partial charge in [-0.3, -0.25) is 0 Å². The van der Waals surface area contributed by atoms with Crippen molar-refractivity contribution in [1.29, 1.82) is 0 Å². The summed E-state index contributed by atoms with van der Waals surface area (Å²) in [5, 5.41) is 4.76. The Morgan fingerprint density at radius 3 is 2.74 bits per heavy atom. The van der Waals surface area contributed by atoms with Gasteiger partial charge in [-0.15, -0.1) is 0 Å². The van der Waals surface area contributed by atoms with Crippen molar-refractivity contribution in [1.82, 2.24) is 19.7 Å². The molecule has 0 N–H and O–H groups in total. The Morgan fingerprint density at radius 1 is 1.06 bits per heavy atom. The first-order valence-electron chi connectivity index (χ1n) is 10.8. The zero-order chi connectivity index (χ0) is 21.0. The third-order valence-electron chi connectivity index (χ3n) is 5.57. The van der Waals surface area contributed by atoms with Crippen molar-refractivity contribution < 1.29 is 14.2 Å². The van der Waals surface area contributed by atoms with Crippen LogP contribution in [0.25, 0.3) is 17.1 Å². The maximum absolute atomic E-state index is 5.94. The van der Waals surface area contributed by atoms with Crippen LogP contribution in [-0.2, 0) is 9.47 Å². The summed E-state index contributed by atoms with van der Waals surface area (Å²) >= 11 is 0. The Kier molecular flexibility index (Phi) is 5.82. The summed E-state index contributed by atoms with van der Waals surface area (Å²) in [6.45, 7) is 6.28. The van der Waals surface area contributed by atoms with Crippen molar-refractivity contribution in [2.24, 2.45) is 0 Å². The van der Waals surface area contributed by atoms with Crippen LogP contribution in [0.2, 0.25) is 0 Å². The summed E-state index contributed by atoms with van der Waals surface area (Å²) in [7, 11) is 0. The van der Waals surface area contributed by atoms with E-state index in [1.54, 1.807) is 4.68 Å². The molecule has 8 heteroatoms. The highest BCUT2D eigenvalue weighted by atomic mass is 16.5. The second kappa shape index (κ2) is 9.03. The van der Waals surface area contributed by atoms with Crippen molar-refractivity contribution in [3.63, 3.8) is 0 Å². The van der Waals surface area contributed by atoms with Crippen molar-refractivity contribution in [2.45, 2.75) is 25.9 Å². The van der Waals surface area contributed by atoms with E-state index in [9.17, 15) is 0 Å². The van der Waals surface area contributed by atoms with E-state index in [1.165, 1.54) is 5.56 Å². The number of rotatable bonds is 6.